The lowest BCUT2D eigenvalue weighted by Crippen LogP contribution is -2.49. The van der Waals surface area contributed by atoms with E-state index in [0.29, 0.717) is 17.4 Å². The van der Waals surface area contributed by atoms with Gasteiger partial charge >= 0.3 is 0 Å². The van der Waals surface area contributed by atoms with E-state index >= 15 is 0 Å². The molecule has 3 amide bonds. The Kier molecular flexibility index (Phi) is 5.53. The van der Waals surface area contributed by atoms with Crippen LogP contribution >= 0.6 is 0 Å². The van der Waals surface area contributed by atoms with Crippen LogP contribution in [0.1, 0.15) is 34.6 Å². The standard InChI is InChI=1S/C14H14N2O4.CH5N/c1-14(2,8-17)15-11(18)7-16-12(19)9-5-3-4-6-10(9)13(16)20;1-2/h3-6,8H,7H2,1-2H3,(H,15,18);2H2,1H3. The van der Waals surface area contributed by atoms with Gasteiger partial charge in [-0.2, -0.15) is 0 Å². The largest absolute Gasteiger partial charge is 0.343 e. The van der Waals surface area contributed by atoms with Crippen LogP contribution in [-0.2, 0) is 9.59 Å². The number of nitrogens with one attached hydrogen (secondary N) is 1. The number of nitrogens with zero attached hydrogens (tertiary/aromatic N) is 1. The molecular formula is C15H19N3O4. The number of fused-ring (bicyclic) bond motifs is 1. The molecule has 2 rings (SSSR count). The van der Waals surface area contributed by atoms with Gasteiger partial charge < -0.3 is 15.8 Å². The molecule has 0 atom stereocenters. The number of amides is 3. The van der Waals surface area contributed by atoms with Gasteiger partial charge in [0.1, 0.15) is 12.8 Å². The van der Waals surface area contributed by atoms with E-state index in [1.54, 1.807) is 24.3 Å². The number of carbonyl (C=O) groups is 4. The quantitative estimate of drug-likeness (QED) is 0.599. The highest BCUT2D eigenvalue weighted by Gasteiger charge is 2.36. The van der Waals surface area contributed by atoms with Gasteiger partial charge in [0.05, 0.1) is 16.7 Å². The number of aldehydes is 1. The second kappa shape index (κ2) is 6.95. The summed E-state index contributed by atoms with van der Waals surface area (Å²) in [6.45, 7) is 2.66. The second-order valence-corrected chi connectivity index (χ2v) is 5.13. The Labute approximate surface area is 128 Å². The fourth-order valence-corrected chi connectivity index (χ4v) is 1.95. The Hall–Kier alpha value is -2.54. The first-order valence-corrected chi connectivity index (χ1v) is 6.66. The minimum atomic E-state index is -1.03. The predicted molar refractivity (Wildman–Crippen MR) is 80.2 cm³/mol. The third kappa shape index (κ3) is 3.56. The van der Waals surface area contributed by atoms with Gasteiger partial charge in [0, 0.05) is 0 Å². The van der Waals surface area contributed by atoms with Gasteiger partial charge in [-0.15, -0.1) is 0 Å². The van der Waals surface area contributed by atoms with E-state index < -0.39 is 29.8 Å². The Balaban J connectivity index is 0.00000116. The molecule has 0 aliphatic carbocycles. The summed E-state index contributed by atoms with van der Waals surface area (Å²) in [5.74, 6) is -1.55. The smallest absolute Gasteiger partial charge is 0.262 e. The lowest BCUT2D eigenvalue weighted by molar-refractivity contribution is -0.126. The van der Waals surface area contributed by atoms with E-state index in [0.717, 1.165) is 4.90 Å². The molecule has 0 unspecified atom stereocenters. The number of nitrogens with two attached hydrogens (primary N) is 1. The highest BCUT2D eigenvalue weighted by Crippen LogP contribution is 2.21. The molecule has 0 saturated heterocycles. The van der Waals surface area contributed by atoms with E-state index in [-0.39, 0.29) is 0 Å². The maximum atomic E-state index is 12.0. The van der Waals surface area contributed by atoms with Crippen molar-refractivity contribution in [2.75, 3.05) is 13.6 Å². The highest BCUT2D eigenvalue weighted by atomic mass is 16.2. The minimum Gasteiger partial charge on any atom is -0.343 e. The predicted octanol–water partition coefficient (Wildman–Crippen LogP) is -0.0488. The molecule has 1 aliphatic rings. The topological polar surface area (TPSA) is 110 Å². The van der Waals surface area contributed by atoms with Crippen LogP contribution in [0.5, 0.6) is 0 Å². The maximum Gasteiger partial charge on any atom is 0.262 e. The van der Waals surface area contributed by atoms with Gasteiger partial charge in [0.15, 0.2) is 0 Å². The van der Waals surface area contributed by atoms with Crippen molar-refractivity contribution >= 4 is 24.0 Å². The average Bonchev–Trinajstić information content (AvgIpc) is 2.74. The molecule has 1 heterocycles. The molecule has 1 aromatic carbocycles. The van der Waals surface area contributed by atoms with Crippen molar-refractivity contribution in [3.05, 3.63) is 35.4 Å². The molecule has 3 N–H and O–H groups in total. The van der Waals surface area contributed by atoms with Crippen molar-refractivity contribution in [2.24, 2.45) is 5.73 Å². The molecule has 1 aromatic rings. The first-order chi connectivity index (χ1) is 10.4. The zero-order valence-electron chi connectivity index (χ0n) is 12.8. The van der Waals surface area contributed by atoms with Crippen molar-refractivity contribution in [3.63, 3.8) is 0 Å². The fraction of sp³-hybridized carbons (Fsp3) is 0.333. The SMILES string of the molecule is CC(C)(C=O)NC(=O)CN1C(=O)c2ccccc2C1=O.CN. The van der Waals surface area contributed by atoms with Crippen LogP contribution in [0.4, 0.5) is 0 Å². The summed E-state index contributed by atoms with van der Waals surface area (Å²) >= 11 is 0. The minimum absolute atomic E-state index is 0.292. The van der Waals surface area contributed by atoms with Crippen LogP contribution in [0.3, 0.4) is 0 Å². The Bertz CT molecular complexity index is 576. The van der Waals surface area contributed by atoms with Gasteiger partial charge in [-0.3, -0.25) is 19.3 Å². The second-order valence-electron chi connectivity index (χ2n) is 5.13. The summed E-state index contributed by atoms with van der Waals surface area (Å²) < 4.78 is 0. The average molecular weight is 305 g/mol. The Morgan fingerprint density at radius 2 is 1.64 bits per heavy atom. The number of rotatable bonds is 4. The number of hydrogen-bond acceptors (Lipinski definition) is 5. The molecule has 0 saturated carbocycles. The van der Waals surface area contributed by atoms with E-state index in [1.807, 2.05) is 0 Å². The van der Waals surface area contributed by atoms with E-state index in [1.165, 1.54) is 20.9 Å². The summed E-state index contributed by atoms with van der Waals surface area (Å²) in [5.41, 5.74) is 4.05. The van der Waals surface area contributed by atoms with Gasteiger partial charge in [0.2, 0.25) is 5.91 Å². The number of benzene rings is 1. The van der Waals surface area contributed by atoms with Crippen LogP contribution in [0.15, 0.2) is 24.3 Å². The molecule has 7 nitrogen and oxygen atoms in total. The molecule has 0 aromatic heterocycles. The summed E-state index contributed by atoms with van der Waals surface area (Å²) in [7, 11) is 1.50. The van der Waals surface area contributed by atoms with Crippen molar-refractivity contribution in [3.8, 4) is 0 Å². The molecular weight excluding hydrogens is 286 g/mol. The molecule has 7 heteroatoms. The molecule has 118 valence electrons. The van der Waals surface area contributed by atoms with Crippen molar-refractivity contribution < 1.29 is 19.2 Å². The van der Waals surface area contributed by atoms with Crippen LogP contribution in [0, 0.1) is 0 Å². The molecule has 0 spiro atoms. The Morgan fingerprint density at radius 3 is 2.05 bits per heavy atom. The van der Waals surface area contributed by atoms with Crippen molar-refractivity contribution in [2.45, 2.75) is 19.4 Å². The summed E-state index contributed by atoms with van der Waals surface area (Å²) in [4.78, 5) is 47.5. The zero-order chi connectivity index (χ0) is 16.9. The lowest BCUT2D eigenvalue weighted by atomic mass is 10.1. The molecule has 0 bridgehead atoms. The van der Waals surface area contributed by atoms with Crippen LogP contribution in [0.2, 0.25) is 0 Å². The molecule has 0 fully saturated rings. The van der Waals surface area contributed by atoms with Crippen LogP contribution in [-0.4, -0.2) is 48.0 Å². The van der Waals surface area contributed by atoms with Crippen LogP contribution < -0.4 is 11.1 Å². The summed E-state index contributed by atoms with van der Waals surface area (Å²) in [6, 6.07) is 6.40. The maximum absolute atomic E-state index is 12.0. The fourth-order valence-electron chi connectivity index (χ4n) is 1.95. The monoisotopic (exact) mass is 305 g/mol. The lowest BCUT2D eigenvalue weighted by Gasteiger charge is -2.21. The van der Waals surface area contributed by atoms with E-state index in [2.05, 4.69) is 11.1 Å². The van der Waals surface area contributed by atoms with Gasteiger partial charge in [0.25, 0.3) is 11.8 Å². The van der Waals surface area contributed by atoms with Gasteiger partial charge in [-0.25, -0.2) is 0 Å². The van der Waals surface area contributed by atoms with Gasteiger partial charge in [-0.1, -0.05) is 12.1 Å². The third-order valence-electron chi connectivity index (χ3n) is 2.94. The number of carbonyl (C=O) groups excluding carboxylic acids is 4. The highest BCUT2D eigenvalue weighted by molar-refractivity contribution is 6.22. The van der Waals surface area contributed by atoms with E-state index in [9.17, 15) is 19.2 Å². The number of hydrogen-bond donors (Lipinski definition) is 2. The molecule has 1 aliphatic heterocycles. The normalized spacial score (nSPS) is 13.2. The van der Waals surface area contributed by atoms with Crippen molar-refractivity contribution in [1.82, 2.24) is 10.2 Å². The molecule has 0 radical (unpaired) electrons. The van der Waals surface area contributed by atoms with E-state index in [4.69, 9.17) is 0 Å². The molecule has 22 heavy (non-hydrogen) atoms. The summed E-state index contributed by atoms with van der Waals surface area (Å²) in [6.07, 6.45) is 0.591. The first-order valence-electron chi connectivity index (χ1n) is 6.66. The Morgan fingerprint density at radius 1 is 1.18 bits per heavy atom. The summed E-state index contributed by atoms with van der Waals surface area (Å²) in [5, 5.41) is 2.45. The number of imide groups is 1. The van der Waals surface area contributed by atoms with Crippen LogP contribution in [0.25, 0.3) is 0 Å². The third-order valence-corrected chi connectivity index (χ3v) is 2.94. The first kappa shape index (κ1) is 17.5. The van der Waals surface area contributed by atoms with Crippen molar-refractivity contribution in [1.29, 1.82) is 0 Å². The zero-order valence-corrected chi connectivity index (χ0v) is 12.8. The van der Waals surface area contributed by atoms with Gasteiger partial charge in [-0.05, 0) is 33.0 Å².